The van der Waals surface area contributed by atoms with Gasteiger partial charge in [-0.2, -0.15) is 5.10 Å². The molecule has 2 aromatic rings. The van der Waals surface area contributed by atoms with Crippen molar-refractivity contribution in [3.63, 3.8) is 0 Å². The molecule has 0 aromatic carbocycles. The Labute approximate surface area is 99.5 Å². The molecule has 0 radical (unpaired) electrons. The minimum atomic E-state index is -3.82. The van der Waals surface area contributed by atoms with Gasteiger partial charge in [-0.1, -0.05) is 13.8 Å². The largest absolute Gasteiger partial charge is 0.257 e. The van der Waals surface area contributed by atoms with Gasteiger partial charge in [-0.05, 0) is 25.0 Å². The molecule has 0 amide bonds. The van der Waals surface area contributed by atoms with E-state index in [2.05, 4.69) is 10.1 Å². The number of fused-ring (bicyclic) bond motifs is 1. The van der Waals surface area contributed by atoms with E-state index in [4.69, 9.17) is 5.14 Å². The monoisotopic (exact) mass is 254 g/mol. The number of hydrogen-bond acceptors (Lipinski definition) is 4. The number of aromatic nitrogens is 3. The molecular formula is C10H14N4O2S. The molecule has 0 fully saturated rings. The fraction of sp³-hybridized carbons (Fsp3) is 0.400. The molecule has 6 nitrogen and oxygen atoms in total. The van der Waals surface area contributed by atoms with Crippen LogP contribution in [0.1, 0.15) is 31.2 Å². The Morgan fingerprint density at radius 1 is 1.35 bits per heavy atom. The van der Waals surface area contributed by atoms with Gasteiger partial charge in [0.1, 0.15) is 0 Å². The van der Waals surface area contributed by atoms with Crippen LogP contribution in [0.2, 0.25) is 0 Å². The fourth-order valence-electron chi connectivity index (χ4n) is 1.67. The van der Waals surface area contributed by atoms with Crippen molar-refractivity contribution < 1.29 is 8.42 Å². The van der Waals surface area contributed by atoms with Crippen LogP contribution in [0.25, 0.3) is 5.65 Å². The van der Waals surface area contributed by atoms with Gasteiger partial charge in [-0.15, -0.1) is 0 Å². The van der Waals surface area contributed by atoms with Gasteiger partial charge in [0.05, 0.1) is 11.4 Å². The van der Waals surface area contributed by atoms with Gasteiger partial charge in [0, 0.05) is 0 Å². The van der Waals surface area contributed by atoms with E-state index in [1.807, 2.05) is 19.9 Å². The third kappa shape index (κ3) is 2.03. The summed E-state index contributed by atoms with van der Waals surface area (Å²) in [6.45, 7) is 5.56. The summed E-state index contributed by atoms with van der Waals surface area (Å²) in [6.07, 6.45) is 0. The van der Waals surface area contributed by atoms with E-state index in [-0.39, 0.29) is 10.9 Å². The highest BCUT2D eigenvalue weighted by Gasteiger charge is 2.20. The van der Waals surface area contributed by atoms with Crippen molar-refractivity contribution in [2.75, 3.05) is 0 Å². The van der Waals surface area contributed by atoms with Crippen molar-refractivity contribution >= 4 is 15.7 Å². The van der Waals surface area contributed by atoms with Crippen LogP contribution in [0.4, 0.5) is 0 Å². The number of rotatable bonds is 2. The van der Waals surface area contributed by atoms with Crippen molar-refractivity contribution in [3.05, 3.63) is 23.5 Å². The zero-order chi connectivity index (χ0) is 12.8. The Balaban J connectivity index is 2.83. The van der Waals surface area contributed by atoms with Crippen LogP contribution >= 0.6 is 0 Å². The summed E-state index contributed by atoms with van der Waals surface area (Å²) < 4.78 is 24.3. The van der Waals surface area contributed by atoms with Gasteiger partial charge >= 0.3 is 0 Å². The maximum absolute atomic E-state index is 11.5. The Kier molecular flexibility index (Phi) is 2.67. The molecule has 0 spiro atoms. The fourth-order valence-corrected chi connectivity index (χ4v) is 2.50. The number of nitrogens with zero attached hydrogens (tertiary/aromatic N) is 3. The summed E-state index contributed by atoms with van der Waals surface area (Å²) in [6, 6.07) is 3.57. The Morgan fingerprint density at radius 3 is 2.53 bits per heavy atom. The van der Waals surface area contributed by atoms with Crippen LogP contribution in [-0.2, 0) is 10.0 Å². The minimum Gasteiger partial charge on any atom is -0.231 e. The average Bonchev–Trinajstić information content (AvgIpc) is 2.51. The highest BCUT2D eigenvalue weighted by atomic mass is 32.2. The third-order valence-electron chi connectivity index (χ3n) is 2.48. The highest BCUT2D eigenvalue weighted by molar-refractivity contribution is 7.89. The second-order valence-corrected chi connectivity index (χ2v) is 5.71. The topological polar surface area (TPSA) is 90.3 Å². The van der Waals surface area contributed by atoms with Crippen LogP contribution in [0.15, 0.2) is 17.2 Å². The van der Waals surface area contributed by atoms with E-state index >= 15 is 0 Å². The molecule has 0 aliphatic heterocycles. The Hall–Kier alpha value is -1.47. The number of hydrogen-bond donors (Lipinski definition) is 1. The molecule has 0 atom stereocenters. The highest BCUT2D eigenvalue weighted by Crippen LogP contribution is 2.17. The van der Waals surface area contributed by atoms with Crippen molar-refractivity contribution in [1.29, 1.82) is 0 Å². The van der Waals surface area contributed by atoms with E-state index in [1.165, 1.54) is 4.52 Å². The summed E-state index contributed by atoms with van der Waals surface area (Å²) in [5.41, 5.74) is 1.64. The Bertz CT molecular complexity index is 673. The van der Waals surface area contributed by atoms with Crippen molar-refractivity contribution in [2.24, 2.45) is 5.14 Å². The van der Waals surface area contributed by atoms with Crippen molar-refractivity contribution in [3.8, 4) is 0 Å². The summed E-state index contributed by atoms with van der Waals surface area (Å²) >= 11 is 0. The standard InChI is InChI=1S/C10H14N4O2S/c1-6(2)8-4-5-9-12-7(3)10(14(9)13-8)17(11,15)16/h4-6H,1-3H3,(H2,11,15,16). The lowest BCUT2D eigenvalue weighted by Crippen LogP contribution is -2.17. The van der Waals surface area contributed by atoms with Crippen molar-refractivity contribution in [2.45, 2.75) is 31.7 Å². The van der Waals surface area contributed by atoms with Crippen LogP contribution in [0, 0.1) is 6.92 Å². The molecule has 2 rings (SSSR count). The molecule has 0 saturated carbocycles. The maximum atomic E-state index is 11.5. The lowest BCUT2D eigenvalue weighted by atomic mass is 10.1. The quantitative estimate of drug-likeness (QED) is 0.858. The van der Waals surface area contributed by atoms with E-state index < -0.39 is 10.0 Å². The molecule has 0 aliphatic rings. The maximum Gasteiger partial charge on any atom is 0.257 e. The SMILES string of the molecule is Cc1nc2ccc(C(C)C)nn2c1S(N)(=O)=O. The van der Waals surface area contributed by atoms with Crippen LogP contribution in [0.5, 0.6) is 0 Å². The molecule has 2 aromatic heterocycles. The van der Waals surface area contributed by atoms with Gasteiger partial charge in [0.2, 0.25) is 0 Å². The third-order valence-corrected chi connectivity index (χ3v) is 3.49. The predicted octanol–water partition coefficient (Wildman–Crippen LogP) is 0.809. The minimum absolute atomic E-state index is 0.0463. The molecular weight excluding hydrogens is 240 g/mol. The smallest absolute Gasteiger partial charge is 0.231 e. The second-order valence-electron chi connectivity index (χ2n) is 4.23. The molecule has 2 N–H and O–H groups in total. The van der Waals surface area contributed by atoms with E-state index in [0.29, 0.717) is 11.3 Å². The Morgan fingerprint density at radius 2 is 2.00 bits per heavy atom. The number of nitrogens with two attached hydrogens (primary N) is 1. The molecule has 0 saturated heterocycles. The lowest BCUT2D eigenvalue weighted by Gasteiger charge is -2.05. The zero-order valence-corrected chi connectivity index (χ0v) is 10.7. The van der Waals surface area contributed by atoms with Crippen molar-refractivity contribution in [1.82, 2.24) is 14.6 Å². The van der Waals surface area contributed by atoms with E-state index in [1.54, 1.807) is 13.0 Å². The molecule has 17 heavy (non-hydrogen) atoms. The molecule has 0 aliphatic carbocycles. The summed E-state index contributed by atoms with van der Waals surface area (Å²) in [7, 11) is -3.82. The first-order valence-corrected chi connectivity index (χ1v) is 6.74. The number of sulfonamides is 1. The number of imidazole rings is 1. The van der Waals surface area contributed by atoms with E-state index in [0.717, 1.165) is 5.69 Å². The summed E-state index contributed by atoms with van der Waals surface area (Å²) in [5, 5.41) is 9.38. The van der Waals surface area contributed by atoms with Crippen LogP contribution in [-0.4, -0.2) is 23.0 Å². The average molecular weight is 254 g/mol. The predicted molar refractivity (Wildman–Crippen MR) is 63.2 cm³/mol. The summed E-state index contributed by atoms with van der Waals surface area (Å²) in [4.78, 5) is 4.12. The zero-order valence-electron chi connectivity index (χ0n) is 9.88. The van der Waals surface area contributed by atoms with Gasteiger partial charge < -0.3 is 0 Å². The van der Waals surface area contributed by atoms with Gasteiger partial charge in [-0.25, -0.2) is 23.1 Å². The second kappa shape index (κ2) is 3.78. The number of aryl methyl sites for hydroxylation is 1. The molecule has 92 valence electrons. The van der Waals surface area contributed by atoms with Crippen LogP contribution < -0.4 is 5.14 Å². The molecule has 2 heterocycles. The lowest BCUT2D eigenvalue weighted by molar-refractivity contribution is 0.587. The van der Waals surface area contributed by atoms with Gasteiger partial charge in [0.25, 0.3) is 10.0 Å². The molecule has 7 heteroatoms. The first kappa shape index (κ1) is 12.0. The summed E-state index contributed by atoms with van der Waals surface area (Å²) in [5.74, 6) is 0.204. The van der Waals surface area contributed by atoms with E-state index in [9.17, 15) is 8.42 Å². The first-order valence-electron chi connectivity index (χ1n) is 5.20. The number of primary sulfonamides is 1. The molecule has 0 unspecified atom stereocenters. The normalized spacial score (nSPS) is 12.5. The van der Waals surface area contributed by atoms with Crippen LogP contribution in [0.3, 0.4) is 0 Å². The molecule has 0 bridgehead atoms. The van der Waals surface area contributed by atoms with Gasteiger partial charge in [-0.3, -0.25) is 0 Å². The first-order chi connectivity index (χ1) is 7.80. The van der Waals surface area contributed by atoms with Gasteiger partial charge in [0.15, 0.2) is 10.7 Å².